The Morgan fingerprint density at radius 1 is 1.31 bits per heavy atom. The van der Waals surface area contributed by atoms with E-state index in [0.29, 0.717) is 10.8 Å². The number of ketones is 1. The number of aliphatic hydroxyl groups is 1. The molecule has 2 heterocycles. The summed E-state index contributed by atoms with van der Waals surface area (Å²) in [5.41, 5.74) is 2.11. The molecule has 26 heavy (non-hydrogen) atoms. The third kappa shape index (κ3) is 3.10. The number of hydrogen-bond donors (Lipinski definition) is 1. The summed E-state index contributed by atoms with van der Waals surface area (Å²) in [6.07, 6.45) is 1.60. The van der Waals surface area contributed by atoms with E-state index in [-0.39, 0.29) is 17.9 Å². The van der Waals surface area contributed by atoms with Crippen LogP contribution in [0.1, 0.15) is 46.6 Å². The summed E-state index contributed by atoms with van der Waals surface area (Å²) in [6.45, 7) is 8.16. The van der Waals surface area contributed by atoms with Gasteiger partial charge in [-0.25, -0.2) is 0 Å². The molecule has 0 aliphatic carbocycles. The third-order valence-electron chi connectivity index (χ3n) is 4.54. The molecule has 1 N–H and O–H groups in total. The Hall–Kier alpha value is -2.66. The number of Topliss-reactive ketones (excluding diaryl/α,β-unsaturated/α-hetero) is 1. The molecule has 1 amide bonds. The normalized spacial score (nSPS) is 17.3. The number of hydrogen-bond acceptors (Lipinski definition) is 4. The largest absolute Gasteiger partial charge is 0.503 e. The van der Waals surface area contributed by atoms with Gasteiger partial charge in [-0.3, -0.25) is 9.59 Å². The molecule has 1 atom stereocenters. The van der Waals surface area contributed by atoms with Gasteiger partial charge in [0.2, 0.25) is 5.78 Å². The number of amides is 1. The van der Waals surface area contributed by atoms with Crippen molar-refractivity contribution in [1.29, 1.82) is 0 Å². The Balaban J connectivity index is 2.08. The van der Waals surface area contributed by atoms with Crippen LogP contribution < -0.4 is 0 Å². The lowest BCUT2D eigenvalue weighted by molar-refractivity contribution is -0.128. The molecule has 0 fully saturated rings. The Bertz CT molecular complexity index is 863. The zero-order chi connectivity index (χ0) is 18.8. The lowest BCUT2D eigenvalue weighted by Crippen LogP contribution is -2.31. The average Bonchev–Trinajstić information content (AvgIpc) is 3.25. The van der Waals surface area contributed by atoms with Gasteiger partial charge in [0.25, 0.3) is 5.91 Å². The number of benzene rings is 1. The van der Waals surface area contributed by atoms with E-state index >= 15 is 0 Å². The van der Waals surface area contributed by atoms with Crippen LogP contribution in [-0.2, 0) is 4.79 Å². The molecule has 3 rings (SSSR count). The van der Waals surface area contributed by atoms with E-state index in [0.717, 1.165) is 5.56 Å². The number of aliphatic hydroxyl groups excluding tert-OH is 1. The van der Waals surface area contributed by atoms with E-state index in [9.17, 15) is 14.7 Å². The van der Waals surface area contributed by atoms with Crippen LogP contribution in [0.3, 0.4) is 0 Å². The Morgan fingerprint density at radius 3 is 2.54 bits per heavy atom. The van der Waals surface area contributed by atoms with Gasteiger partial charge >= 0.3 is 0 Å². The maximum Gasteiger partial charge on any atom is 0.290 e. The van der Waals surface area contributed by atoms with Gasteiger partial charge in [0.05, 0.1) is 16.5 Å². The predicted octanol–water partition coefficient (Wildman–Crippen LogP) is 4.64. The molecule has 1 aliphatic heterocycles. The van der Waals surface area contributed by atoms with Crippen LogP contribution in [0.5, 0.6) is 0 Å². The highest BCUT2D eigenvalue weighted by Crippen LogP contribution is 2.39. The highest BCUT2D eigenvalue weighted by Gasteiger charge is 2.43. The first kappa shape index (κ1) is 18.1. The van der Waals surface area contributed by atoms with E-state index in [4.69, 9.17) is 0 Å². The first-order valence-corrected chi connectivity index (χ1v) is 9.36. The second kappa shape index (κ2) is 7.30. The van der Waals surface area contributed by atoms with Gasteiger partial charge in [-0.05, 0) is 28.5 Å². The summed E-state index contributed by atoms with van der Waals surface area (Å²) < 4.78 is 0. The summed E-state index contributed by atoms with van der Waals surface area (Å²) in [5.74, 6) is -0.934. The van der Waals surface area contributed by atoms with Gasteiger partial charge < -0.3 is 10.0 Å². The van der Waals surface area contributed by atoms with Gasteiger partial charge in [-0.2, -0.15) is 0 Å². The number of carbonyl (C=O) groups excluding carboxylic acids is 2. The quantitative estimate of drug-likeness (QED) is 0.598. The van der Waals surface area contributed by atoms with Crippen LogP contribution in [0.25, 0.3) is 0 Å². The van der Waals surface area contributed by atoms with Crippen molar-refractivity contribution in [2.45, 2.75) is 25.8 Å². The van der Waals surface area contributed by atoms with E-state index in [2.05, 4.69) is 20.4 Å². The topological polar surface area (TPSA) is 57.6 Å². The van der Waals surface area contributed by atoms with Crippen LogP contribution in [0.4, 0.5) is 0 Å². The summed E-state index contributed by atoms with van der Waals surface area (Å²) in [7, 11) is 0. The van der Waals surface area contributed by atoms with Crippen LogP contribution in [-0.4, -0.2) is 28.2 Å². The van der Waals surface area contributed by atoms with Crippen molar-refractivity contribution in [3.8, 4) is 0 Å². The molecular formula is C21H21NO3S. The fourth-order valence-electron chi connectivity index (χ4n) is 3.16. The molecule has 0 spiro atoms. The third-order valence-corrected chi connectivity index (χ3v) is 5.41. The zero-order valence-corrected chi connectivity index (χ0v) is 15.6. The molecule has 1 aliphatic rings. The number of rotatable bonds is 6. The summed E-state index contributed by atoms with van der Waals surface area (Å²) in [4.78, 5) is 27.5. The van der Waals surface area contributed by atoms with Gasteiger partial charge in [-0.1, -0.05) is 50.3 Å². The first-order chi connectivity index (χ1) is 12.5. The highest BCUT2D eigenvalue weighted by molar-refractivity contribution is 7.12. The van der Waals surface area contributed by atoms with Gasteiger partial charge in [0.1, 0.15) is 0 Å². The molecule has 0 bridgehead atoms. The van der Waals surface area contributed by atoms with E-state index < -0.39 is 17.7 Å². The van der Waals surface area contributed by atoms with Crippen molar-refractivity contribution in [2.24, 2.45) is 0 Å². The lowest BCUT2D eigenvalue weighted by Gasteiger charge is -2.25. The zero-order valence-electron chi connectivity index (χ0n) is 14.8. The maximum absolute atomic E-state index is 13.0. The minimum absolute atomic E-state index is 0.136. The van der Waals surface area contributed by atoms with Crippen molar-refractivity contribution in [3.05, 3.63) is 81.8 Å². The van der Waals surface area contributed by atoms with Gasteiger partial charge in [-0.15, -0.1) is 17.9 Å². The average molecular weight is 367 g/mol. The molecule has 1 aromatic heterocycles. The fraction of sp³-hybridized carbons (Fsp3) is 0.238. The van der Waals surface area contributed by atoms with Gasteiger partial charge in [0.15, 0.2) is 5.76 Å². The number of carbonyl (C=O) groups is 2. The van der Waals surface area contributed by atoms with Crippen LogP contribution in [0.15, 0.2) is 65.8 Å². The minimum Gasteiger partial charge on any atom is -0.503 e. The molecule has 0 saturated heterocycles. The smallest absolute Gasteiger partial charge is 0.290 e. The minimum atomic E-state index is -0.615. The number of nitrogens with zero attached hydrogens (tertiary/aromatic N) is 1. The van der Waals surface area contributed by atoms with Crippen molar-refractivity contribution in [2.75, 3.05) is 6.54 Å². The van der Waals surface area contributed by atoms with Gasteiger partial charge in [0, 0.05) is 6.54 Å². The molecule has 1 aromatic carbocycles. The van der Waals surface area contributed by atoms with Crippen LogP contribution in [0, 0.1) is 0 Å². The molecule has 1 unspecified atom stereocenters. The molecular weight excluding hydrogens is 346 g/mol. The predicted molar refractivity (Wildman–Crippen MR) is 103 cm³/mol. The van der Waals surface area contributed by atoms with Crippen molar-refractivity contribution >= 4 is 23.0 Å². The van der Waals surface area contributed by atoms with E-state index in [1.807, 2.05) is 24.3 Å². The highest BCUT2D eigenvalue weighted by atomic mass is 32.1. The van der Waals surface area contributed by atoms with Crippen molar-refractivity contribution in [1.82, 2.24) is 4.90 Å². The second-order valence-corrected chi connectivity index (χ2v) is 7.49. The first-order valence-electron chi connectivity index (χ1n) is 8.48. The molecule has 4 nitrogen and oxygen atoms in total. The van der Waals surface area contributed by atoms with E-state index in [1.165, 1.54) is 21.8 Å². The van der Waals surface area contributed by atoms with Crippen LogP contribution in [0.2, 0.25) is 0 Å². The van der Waals surface area contributed by atoms with E-state index in [1.54, 1.807) is 23.6 Å². The Kier molecular flexibility index (Phi) is 5.09. The lowest BCUT2D eigenvalue weighted by atomic mass is 9.93. The van der Waals surface area contributed by atoms with Crippen LogP contribution >= 0.6 is 11.3 Å². The van der Waals surface area contributed by atoms with Crippen molar-refractivity contribution < 1.29 is 14.7 Å². The van der Waals surface area contributed by atoms with Crippen molar-refractivity contribution in [3.63, 3.8) is 0 Å². The summed E-state index contributed by atoms with van der Waals surface area (Å²) in [5, 5.41) is 12.2. The second-order valence-electron chi connectivity index (χ2n) is 6.54. The number of thiophene rings is 1. The monoisotopic (exact) mass is 367 g/mol. The molecule has 0 radical (unpaired) electrons. The molecule has 5 heteroatoms. The Labute approximate surface area is 157 Å². The molecule has 134 valence electrons. The maximum atomic E-state index is 13.0. The standard InChI is InChI=1S/C21H21NO3S/c1-4-11-22-18(15-9-7-14(8-10-15)13(2)3)17(20(24)21(22)25)19(23)16-6-5-12-26-16/h4-10,12-13,18,24H,1,11H2,2-3H3. The summed E-state index contributed by atoms with van der Waals surface area (Å²) >= 11 is 1.29. The summed E-state index contributed by atoms with van der Waals surface area (Å²) in [6, 6.07) is 10.7. The fourth-order valence-corrected chi connectivity index (χ4v) is 3.84. The SMILES string of the molecule is C=CCN1C(=O)C(O)=C(C(=O)c2cccs2)C1c1ccc(C(C)C)cc1. The molecule has 0 saturated carbocycles. The Morgan fingerprint density at radius 2 is 2.00 bits per heavy atom. The molecule has 2 aromatic rings.